The van der Waals surface area contributed by atoms with Crippen LogP contribution in [-0.2, 0) is 26.2 Å². The molecule has 0 aliphatic carbocycles. The summed E-state index contributed by atoms with van der Waals surface area (Å²) in [6.45, 7) is 6.76. The van der Waals surface area contributed by atoms with Crippen LogP contribution in [0.15, 0.2) is 83.8 Å². The number of non-ortho nitro benzene ring substituents is 1. The van der Waals surface area contributed by atoms with Crippen molar-refractivity contribution in [3.05, 3.63) is 100 Å². The van der Waals surface area contributed by atoms with Crippen molar-refractivity contribution in [1.29, 1.82) is 0 Å². The van der Waals surface area contributed by atoms with Gasteiger partial charge in [-0.25, -0.2) is 8.42 Å². The SMILES string of the molecule is CCC(C)NC(=O)C(C)N(Cc1ccccc1C)C(=O)CN(c1ccc([N+](=O)[O-])cc1)S(=O)(=O)c1ccccc1. The van der Waals surface area contributed by atoms with E-state index in [-0.39, 0.29) is 34.8 Å². The number of carbonyl (C=O) groups excluding carboxylic acids is 2. The van der Waals surface area contributed by atoms with Gasteiger partial charge < -0.3 is 10.2 Å². The molecule has 0 bridgehead atoms. The van der Waals surface area contributed by atoms with Crippen molar-refractivity contribution in [2.24, 2.45) is 0 Å². The molecule has 0 aliphatic heterocycles. The number of sulfonamides is 1. The molecule has 2 unspecified atom stereocenters. The molecule has 0 heterocycles. The van der Waals surface area contributed by atoms with Crippen molar-refractivity contribution in [2.75, 3.05) is 10.8 Å². The summed E-state index contributed by atoms with van der Waals surface area (Å²) < 4.78 is 28.4. The van der Waals surface area contributed by atoms with Gasteiger partial charge >= 0.3 is 0 Å². The van der Waals surface area contributed by atoms with Crippen LogP contribution in [0.1, 0.15) is 38.3 Å². The number of anilines is 1. The minimum Gasteiger partial charge on any atom is -0.352 e. The number of hydrogen-bond donors (Lipinski definition) is 1. The highest BCUT2D eigenvalue weighted by molar-refractivity contribution is 7.92. The van der Waals surface area contributed by atoms with Gasteiger partial charge in [0.2, 0.25) is 11.8 Å². The molecule has 2 amide bonds. The number of nitrogens with one attached hydrogen (secondary N) is 1. The van der Waals surface area contributed by atoms with E-state index >= 15 is 0 Å². The van der Waals surface area contributed by atoms with Gasteiger partial charge in [-0.1, -0.05) is 49.4 Å². The molecule has 1 N–H and O–H groups in total. The van der Waals surface area contributed by atoms with Gasteiger partial charge in [-0.2, -0.15) is 0 Å². The van der Waals surface area contributed by atoms with E-state index in [2.05, 4.69) is 5.32 Å². The lowest BCUT2D eigenvalue weighted by Gasteiger charge is -2.32. The molecule has 3 rings (SSSR count). The molecule has 10 nitrogen and oxygen atoms in total. The first-order valence-electron chi connectivity index (χ1n) is 12.9. The minimum atomic E-state index is -4.25. The molecule has 0 saturated heterocycles. The Kier molecular flexibility index (Phi) is 10.0. The van der Waals surface area contributed by atoms with E-state index in [4.69, 9.17) is 0 Å². The molecular weight excluding hydrogens is 532 g/mol. The Morgan fingerprint density at radius 2 is 1.55 bits per heavy atom. The summed E-state index contributed by atoms with van der Waals surface area (Å²) in [5.74, 6) is -0.961. The third kappa shape index (κ3) is 7.23. The molecule has 0 aromatic heterocycles. The summed E-state index contributed by atoms with van der Waals surface area (Å²) in [6, 6.07) is 19.0. The first kappa shape index (κ1) is 30.3. The van der Waals surface area contributed by atoms with Crippen LogP contribution in [-0.4, -0.2) is 48.7 Å². The average molecular weight is 567 g/mol. The zero-order valence-electron chi connectivity index (χ0n) is 23.0. The number of rotatable bonds is 12. The zero-order chi connectivity index (χ0) is 29.4. The quantitative estimate of drug-likeness (QED) is 0.255. The van der Waals surface area contributed by atoms with E-state index < -0.39 is 33.4 Å². The molecule has 2 atom stereocenters. The fourth-order valence-electron chi connectivity index (χ4n) is 4.01. The second-order valence-corrected chi connectivity index (χ2v) is 11.4. The number of aryl methyl sites for hydroxylation is 1. The first-order valence-corrected chi connectivity index (χ1v) is 14.4. The number of nitro benzene ring substituents is 1. The molecule has 11 heteroatoms. The Hall–Kier alpha value is -4.25. The standard InChI is InChI=1S/C29H34N4O6S/c1-5-22(3)30-29(35)23(4)31(19-24-12-10-9-11-21(24)2)28(34)20-32(25-15-17-26(18-16-25)33(36)37)40(38,39)27-13-7-6-8-14-27/h6-18,22-23H,5,19-20H2,1-4H3,(H,30,35). The molecule has 0 spiro atoms. The molecule has 0 radical (unpaired) electrons. The number of amides is 2. The van der Waals surface area contributed by atoms with Crippen molar-refractivity contribution in [2.45, 2.75) is 57.6 Å². The predicted molar refractivity (Wildman–Crippen MR) is 153 cm³/mol. The van der Waals surface area contributed by atoms with E-state index in [1.807, 2.05) is 45.0 Å². The van der Waals surface area contributed by atoms with Gasteiger partial charge in [0.1, 0.15) is 12.6 Å². The number of benzene rings is 3. The maximum atomic E-state index is 13.9. The van der Waals surface area contributed by atoms with Crippen LogP contribution in [0.3, 0.4) is 0 Å². The van der Waals surface area contributed by atoms with Crippen LogP contribution in [0.4, 0.5) is 11.4 Å². The van der Waals surface area contributed by atoms with Crippen LogP contribution in [0.2, 0.25) is 0 Å². The summed E-state index contributed by atoms with van der Waals surface area (Å²) in [7, 11) is -4.25. The lowest BCUT2D eigenvalue weighted by molar-refractivity contribution is -0.384. The topological polar surface area (TPSA) is 130 Å². The second-order valence-electron chi connectivity index (χ2n) is 9.54. The van der Waals surface area contributed by atoms with E-state index in [9.17, 15) is 28.1 Å². The smallest absolute Gasteiger partial charge is 0.269 e. The van der Waals surface area contributed by atoms with Gasteiger partial charge in [0, 0.05) is 24.7 Å². The fraction of sp³-hybridized carbons (Fsp3) is 0.310. The van der Waals surface area contributed by atoms with Crippen LogP contribution in [0.25, 0.3) is 0 Å². The highest BCUT2D eigenvalue weighted by atomic mass is 32.2. The van der Waals surface area contributed by atoms with Gasteiger partial charge in [-0.15, -0.1) is 0 Å². The summed E-state index contributed by atoms with van der Waals surface area (Å²) in [5.41, 5.74) is 1.59. The third-order valence-electron chi connectivity index (χ3n) is 6.73. The van der Waals surface area contributed by atoms with Crippen LogP contribution < -0.4 is 9.62 Å². The minimum absolute atomic E-state index is 0.0471. The highest BCUT2D eigenvalue weighted by Crippen LogP contribution is 2.26. The summed E-state index contributed by atoms with van der Waals surface area (Å²) in [4.78, 5) is 38.9. The molecule has 0 fully saturated rings. The maximum absolute atomic E-state index is 13.9. The molecule has 40 heavy (non-hydrogen) atoms. The maximum Gasteiger partial charge on any atom is 0.269 e. The van der Waals surface area contributed by atoms with Gasteiger partial charge in [0.15, 0.2) is 0 Å². The Bertz CT molecular complexity index is 1440. The van der Waals surface area contributed by atoms with Gasteiger partial charge in [-0.05, 0) is 62.6 Å². The Labute approximate surface area is 234 Å². The van der Waals surface area contributed by atoms with E-state index in [0.29, 0.717) is 6.42 Å². The van der Waals surface area contributed by atoms with Crippen molar-refractivity contribution < 1.29 is 22.9 Å². The Morgan fingerprint density at radius 1 is 0.950 bits per heavy atom. The molecule has 212 valence electrons. The number of carbonyl (C=O) groups is 2. The zero-order valence-corrected chi connectivity index (χ0v) is 23.8. The fourth-order valence-corrected chi connectivity index (χ4v) is 5.44. The summed E-state index contributed by atoms with van der Waals surface area (Å²) in [6.07, 6.45) is 0.702. The molecule has 0 saturated carbocycles. The van der Waals surface area contributed by atoms with Crippen molar-refractivity contribution in [1.82, 2.24) is 10.2 Å². The van der Waals surface area contributed by atoms with Crippen LogP contribution in [0, 0.1) is 17.0 Å². The third-order valence-corrected chi connectivity index (χ3v) is 8.52. The summed E-state index contributed by atoms with van der Waals surface area (Å²) in [5, 5.41) is 14.1. The van der Waals surface area contributed by atoms with E-state index in [1.54, 1.807) is 25.1 Å². The highest BCUT2D eigenvalue weighted by Gasteiger charge is 2.33. The lowest BCUT2D eigenvalue weighted by Crippen LogP contribution is -2.52. The van der Waals surface area contributed by atoms with E-state index in [0.717, 1.165) is 15.4 Å². The predicted octanol–water partition coefficient (Wildman–Crippen LogP) is 4.43. The monoisotopic (exact) mass is 566 g/mol. The number of nitrogens with zero attached hydrogens (tertiary/aromatic N) is 3. The number of hydrogen-bond acceptors (Lipinski definition) is 6. The van der Waals surface area contributed by atoms with Gasteiger partial charge in [0.05, 0.1) is 15.5 Å². The van der Waals surface area contributed by atoms with Crippen molar-refractivity contribution >= 4 is 33.2 Å². The van der Waals surface area contributed by atoms with Crippen molar-refractivity contribution in [3.63, 3.8) is 0 Å². The second kappa shape index (κ2) is 13.2. The number of nitro groups is 1. The van der Waals surface area contributed by atoms with Crippen LogP contribution >= 0.6 is 0 Å². The normalized spacial score (nSPS) is 12.7. The molecule has 0 aliphatic rings. The van der Waals surface area contributed by atoms with Crippen LogP contribution in [0.5, 0.6) is 0 Å². The lowest BCUT2D eigenvalue weighted by atomic mass is 10.1. The average Bonchev–Trinajstić information content (AvgIpc) is 2.95. The van der Waals surface area contributed by atoms with Gasteiger partial charge in [0.25, 0.3) is 15.7 Å². The summed E-state index contributed by atoms with van der Waals surface area (Å²) >= 11 is 0. The Morgan fingerprint density at radius 3 is 2.12 bits per heavy atom. The molecular formula is C29H34N4O6S. The first-order chi connectivity index (χ1) is 18.9. The largest absolute Gasteiger partial charge is 0.352 e. The molecule has 3 aromatic rings. The molecule has 3 aromatic carbocycles. The van der Waals surface area contributed by atoms with Crippen molar-refractivity contribution in [3.8, 4) is 0 Å². The Balaban J connectivity index is 2.04. The van der Waals surface area contributed by atoms with Gasteiger partial charge in [-0.3, -0.25) is 24.0 Å². The van der Waals surface area contributed by atoms with E-state index in [1.165, 1.54) is 41.3 Å².